The van der Waals surface area contributed by atoms with E-state index in [9.17, 15) is 4.79 Å². The fourth-order valence-corrected chi connectivity index (χ4v) is 2.25. The highest BCUT2D eigenvalue weighted by atomic mass is 16.1. The van der Waals surface area contributed by atoms with Crippen LogP contribution < -0.4 is 10.6 Å². The molecule has 2 rings (SSSR count). The van der Waals surface area contributed by atoms with Crippen LogP contribution in [-0.4, -0.2) is 53.5 Å². The number of carbonyl (C=O) groups is 1. The van der Waals surface area contributed by atoms with Crippen LogP contribution in [0, 0.1) is 0 Å². The minimum atomic E-state index is -0.142. The molecule has 6 heteroatoms. The van der Waals surface area contributed by atoms with Gasteiger partial charge in [-0.25, -0.2) is 9.97 Å². The Kier molecular flexibility index (Phi) is 4.31. The van der Waals surface area contributed by atoms with Crippen molar-refractivity contribution in [3.8, 4) is 0 Å². The van der Waals surface area contributed by atoms with Gasteiger partial charge in [-0.1, -0.05) is 0 Å². The van der Waals surface area contributed by atoms with Crippen LogP contribution in [0.2, 0.25) is 0 Å². The third kappa shape index (κ3) is 3.41. The molecule has 0 saturated carbocycles. The number of nitrogens with one attached hydrogen (secondary N) is 2. The summed E-state index contributed by atoms with van der Waals surface area (Å²) in [7, 11) is 3.88. The Balaban J connectivity index is 1.93. The van der Waals surface area contributed by atoms with E-state index < -0.39 is 0 Å². The Labute approximate surface area is 113 Å². The molecule has 1 aromatic heterocycles. The summed E-state index contributed by atoms with van der Waals surface area (Å²) in [4.78, 5) is 22.6. The van der Waals surface area contributed by atoms with Gasteiger partial charge in [0, 0.05) is 25.7 Å². The van der Waals surface area contributed by atoms with Gasteiger partial charge in [-0.15, -0.1) is 0 Å². The second-order valence-corrected chi connectivity index (χ2v) is 5.06. The lowest BCUT2D eigenvalue weighted by Gasteiger charge is -2.35. The van der Waals surface area contributed by atoms with Crippen molar-refractivity contribution in [3.05, 3.63) is 18.1 Å². The number of aromatic nitrogens is 2. The minimum Gasteiger partial charge on any atom is -0.372 e. The van der Waals surface area contributed by atoms with Gasteiger partial charge in [0.1, 0.15) is 11.5 Å². The lowest BCUT2D eigenvalue weighted by atomic mass is 9.99. The number of nitrogens with zero attached hydrogens (tertiary/aromatic N) is 3. The molecule has 1 saturated heterocycles. The molecule has 2 atom stereocenters. The molecule has 1 aliphatic heterocycles. The fraction of sp³-hybridized carbons (Fsp3) is 0.615. The summed E-state index contributed by atoms with van der Waals surface area (Å²) in [6.07, 6.45) is 5.02. The number of carbonyl (C=O) groups excluding carboxylic acids is 1. The van der Waals surface area contributed by atoms with Crippen molar-refractivity contribution >= 4 is 11.7 Å². The minimum absolute atomic E-state index is 0.142. The largest absolute Gasteiger partial charge is 0.372 e. The maximum absolute atomic E-state index is 12.1. The summed E-state index contributed by atoms with van der Waals surface area (Å²) in [5, 5.41) is 5.91. The topological polar surface area (TPSA) is 70.2 Å². The smallest absolute Gasteiger partial charge is 0.271 e. The van der Waals surface area contributed by atoms with E-state index in [1.165, 1.54) is 6.20 Å². The van der Waals surface area contributed by atoms with E-state index in [4.69, 9.17) is 0 Å². The summed E-state index contributed by atoms with van der Waals surface area (Å²) in [6.45, 7) is 3.19. The molecule has 19 heavy (non-hydrogen) atoms. The van der Waals surface area contributed by atoms with Crippen LogP contribution in [-0.2, 0) is 0 Å². The third-order valence-electron chi connectivity index (χ3n) is 3.68. The highest BCUT2D eigenvalue weighted by Crippen LogP contribution is 2.15. The maximum atomic E-state index is 12.1. The number of piperidine rings is 1. The van der Waals surface area contributed by atoms with Crippen LogP contribution >= 0.6 is 0 Å². The summed E-state index contributed by atoms with van der Waals surface area (Å²) in [5.74, 6) is 0.515. The highest BCUT2D eigenvalue weighted by Gasteiger charge is 2.24. The molecule has 104 valence electrons. The van der Waals surface area contributed by atoms with Crippen molar-refractivity contribution < 1.29 is 4.79 Å². The van der Waals surface area contributed by atoms with E-state index in [1.807, 2.05) is 0 Å². The standard InChI is InChI=1S/C13H21N5O/c1-9-6-10(4-5-18(9)3)17-13(19)11-7-16-12(14-2)8-15-11/h7-10H,4-6H2,1-3H3,(H,14,16)(H,17,19). The average molecular weight is 263 g/mol. The summed E-state index contributed by atoms with van der Waals surface area (Å²) in [5.41, 5.74) is 0.366. The molecule has 0 radical (unpaired) electrons. The Hall–Kier alpha value is -1.69. The van der Waals surface area contributed by atoms with Gasteiger partial charge in [0.15, 0.2) is 0 Å². The van der Waals surface area contributed by atoms with Crippen molar-refractivity contribution in [1.29, 1.82) is 0 Å². The molecule has 0 aromatic carbocycles. The van der Waals surface area contributed by atoms with Crippen LogP contribution in [0.3, 0.4) is 0 Å². The number of likely N-dealkylation sites (tertiary alicyclic amines) is 1. The van der Waals surface area contributed by atoms with E-state index in [0.29, 0.717) is 17.6 Å². The zero-order valence-electron chi connectivity index (χ0n) is 11.7. The number of anilines is 1. The zero-order valence-corrected chi connectivity index (χ0v) is 11.7. The van der Waals surface area contributed by atoms with Gasteiger partial charge in [0.05, 0.1) is 12.4 Å². The van der Waals surface area contributed by atoms with Crippen LogP contribution in [0.4, 0.5) is 5.82 Å². The molecule has 2 heterocycles. The first-order chi connectivity index (χ1) is 9.10. The zero-order chi connectivity index (χ0) is 13.8. The molecule has 1 aromatic rings. The fourth-order valence-electron chi connectivity index (χ4n) is 2.25. The molecule has 1 amide bonds. The molecule has 1 fully saturated rings. The van der Waals surface area contributed by atoms with Gasteiger partial charge >= 0.3 is 0 Å². The van der Waals surface area contributed by atoms with Crippen LogP contribution in [0.1, 0.15) is 30.3 Å². The maximum Gasteiger partial charge on any atom is 0.271 e. The van der Waals surface area contributed by atoms with Gasteiger partial charge < -0.3 is 15.5 Å². The molecule has 6 nitrogen and oxygen atoms in total. The number of hydrogen-bond acceptors (Lipinski definition) is 5. The molecule has 2 unspecified atom stereocenters. The van der Waals surface area contributed by atoms with Gasteiger partial charge in [-0.2, -0.15) is 0 Å². The number of rotatable bonds is 3. The SMILES string of the molecule is CNc1cnc(C(=O)NC2CCN(C)C(C)C2)cn1. The van der Waals surface area contributed by atoms with Gasteiger partial charge in [0.2, 0.25) is 0 Å². The highest BCUT2D eigenvalue weighted by molar-refractivity contribution is 5.92. The van der Waals surface area contributed by atoms with Crippen molar-refractivity contribution in [2.24, 2.45) is 0 Å². The first-order valence-electron chi connectivity index (χ1n) is 6.61. The molecule has 0 spiro atoms. The number of hydrogen-bond donors (Lipinski definition) is 2. The molecule has 1 aliphatic rings. The van der Waals surface area contributed by atoms with Gasteiger partial charge in [-0.05, 0) is 26.8 Å². The van der Waals surface area contributed by atoms with Crippen molar-refractivity contribution in [3.63, 3.8) is 0 Å². The summed E-state index contributed by atoms with van der Waals surface area (Å²) < 4.78 is 0. The lowest BCUT2D eigenvalue weighted by Crippen LogP contribution is -2.47. The van der Waals surface area contributed by atoms with E-state index in [2.05, 4.69) is 39.5 Å². The van der Waals surface area contributed by atoms with Gasteiger partial charge in [-0.3, -0.25) is 4.79 Å². The normalized spacial score (nSPS) is 23.9. The molecule has 2 N–H and O–H groups in total. The Bertz CT molecular complexity index is 433. The Morgan fingerprint density at radius 3 is 2.79 bits per heavy atom. The summed E-state index contributed by atoms with van der Waals surface area (Å²) in [6, 6.07) is 0.723. The van der Waals surface area contributed by atoms with Gasteiger partial charge in [0.25, 0.3) is 5.91 Å². The lowest BCUT2D eigenvalue weighted by molar-refractivity contribution is 0.0891. The third-order valence-corrected chi connectivity index (χ3v) is 3.68. The first-order valence-corrected chi connectivity index (χ1v) is 6.61. The van der Waals surface area contributed by atoms with Crippen molar-refractivity contribution in [1.82, 2.24) is 20.2 Å². The number of amides is 1. The van der Waals surface area contributed by atoms with E-state index in [0.717, 1.165) is 19.4 Å². The average Bonchev–Trinajstić information content (AvgIpc) is 2.43. The molecular weight excluding hydrogens is 242 g/mol. The van der Waals surface area contributed by atoms with E-state index in [1.54, 1.807) is 13.2 Å². The Morgan fingerprint density at radius 1 is 1.42 bits per heavy atom. The van der Waals surface area contributed by atoms with E-state index >= 15 is 0 Å². The van der Waals surface area contributed by atoms with Crippen LogP contribution in [0.5, 0.6) is 0 Å². The molecular formula is C13H21N5O. The van der Waals surface area contributed by atoms with Crippen LogP contribution in [0.25, 0.3) is 0 Å². The quantitative estimate of drug-likeness (QED) is 0.841. The molecule has 0 aliphatic carbocycles. The second kappa shape index (κ2) is 5.97. The Morgan fingerprint density at radius 2 is 2.21 bits per heavy atom. The molecule has 0 bridgehead atoms. The van der Waals surface area contributed by atoms with Crippen LogP contribution in [0.15, 0.2) is 12.4 Å². The predicted octanol–water partition coefficient (Wildman–Crippen LogP) is 0.731. The summed E-state index contributed by atoms with van der Waals surface area (Å²) >= 11 is 0. The second-order valence-electron chi connectivity index (χ2n) is 5.06. The monoisotopic (exact) mass is 263 g/mol. The first kappa shape index (κ1) is 13.7. The van der Waals surface area contributed by atoms with Crippen molar-refractivity contribution in [2.75, 3.05) is 26.0 Å². The predicted molar refractivity (Wildman–Crippen MR) is 74.2 cm³/mol. The van der Waals surface area contributed by atoms with E-state index in [-0.39, 0.29) is 11.9 Å². The van der Waals surface area contributed by atoms with Crippen molar-refractivity contribution in [2.45, 2.75) is 31.8 Å².